The van der Waals surface area contributed by atoms with Crippen molar-refractivity contribution in [2.75, 3.05) is 11.9 Å². The van der Waals surface area contributed by atoms with Gasteiger partial charge in [0, 0.05) is 29.7 Å². The number of sulfonamides is 1. The summed E-state index contributed by atoms with van der Waals surface area (Å²) >= 11 is 5.97. The van der Waals surface area contributed by atoms with E-state index in [0.29, 0.717) is 16.8 Å². The van der Waals surface area contributed by atoms with Crippen LogP contribution < -0.4 is 10.0 Å². The van der Waals surface area contributed by atoms with Crippen molar-refractivity contribution in [1.82, 2.24) is 4.72 Å². The molecule has 0 aliphatic heterocycles. The number of benzene rings is 2. The van der Waals surface area contributed by atoms with Gasteiger partial charge in [0.1, 0.15) is 16.5 Å². The van der Waals surface area contributed by atoms with E-state index >= 15 is 0 Å². The lowest BCUT2D eigenvalue weighted by Gasteiger charge is -2.09. The Bertz CT molecular complexity index is 920. The molecule has 5 nitrogen and oxygen atoms in total. The molecule has 0 heterocycles. The summed E-state index contributed by atoms with van der Waals surface area (Å²) in [7, 11) is -4.12. The van der Waals surface area contributed by atoms with E-state index in [1.165, 1.54) is 0 Å². The van der Waals surface area contributed by atoms with Crippen molar-refractivity contribution in [1.29, 1.82) is 0 Å². The van der Waals surface area contributed by atoms with Gasteiger partial charge in [-0.15, -0.1) is 0 Å². The Kier molecular flexibility index (Phi) is 6.69. The van der Waals surface area contributed by atoms with Gasteiger partial charge in [0.25, 0.3) is 0 Å². The van der Waals surface area contributed by atoms with E-state index in [1.807, 2.05) is 6.92 Å². The van der Waals surface area contributed by atoms with Gasteiger partial charge >= 0.3 is 0 Å². The molecule has 2 N–H and O–H groups in total. The summed E-state index contributed by atoms with van der Waals surface area (Å²) in [5.74, 6) is -2.35. The first-order valence-corrected chi connectivity index (χ1v) is 9.56. The molecule has 0 atom stereocenters. The Hall–Kier alpha value is -2.03. The summed E-state index contributed by atoms with van der Waals surface area (Å²) in [6.45, 7) is 1.77. The quantitative estimate of drug-likeness (QED) is 0.694. The van der Waals surface area contributed by atoms with Crippen LogP contribution in [-0.4, -0.2) is 20.9 Å². The lowest BCUT2D eigenvalue weighted by Crippen LogP contribution is -2.26. The lowest BCUT2D eigenvalue weighted by molar-refractivity contribution is -0.116. The second-order valence-corrected chi connectivity index (χ2v) is 7.73. The van der Waals surface area contributed by atoms with E-state index in [9.17, 15) is 22.0 Å². The highest BCUT2D eigenvalue weighted by Gasteiger charge is 2.19. The predicted molar refractivity (Wildman–Crippen MR) is 95.6 cm³/mol. The van der Waals surface area contributed by atoms with E-state index in [4.69, 9.17) is 11.6 Å². The van der Waals surface area contributed by atoms with Gasteiger partial charge in [-0.2, -0.15) is 0 Å². The van der Waals surface area contributed by atoms with Crippen molar-refractivity contribution < 1.29 is 22.0 Å². The zero-order chi connectivity index (χ0) is 19.3. The van der Waals surface area contributed by atoms with E-state index < -0.39 is 26.6 Å². The number of carbonyl (C=O) groups is 1. The highest BCUT2D eigenvalue weighted by atomic mass is 35.5. The Balaban J connectivity index is 1.83. The highest BCUT2D eigenvalue weighted by Crippen LogP contribution is 2.20. The molecule has 26 heavy (non-hydrogen) atoms. The number of rotatable bonds is 7. The molecule has 0 aliphatic rings. The molecule has 0 aliphatic carbocycles. The van der Waals surface area contributed by atoms with Crippen molar-refractivity contribution in [3.8, 4) is 0 Å². The number of anilines is 1. The van der Waals surface area contributed by atoms with Crippen molar-refractivity contribution >= 4 is 33.2 Å². The minimum absolute atomic E-state index is 0.0555. The molecule has 9 heteroatoms. The molecule has 0 aromatic heterocycles. The van der Waals surface area contributed by atoms with E-state index in [2.05, 4.69) is 10.0 Å². The molecule has 0 saturated heterocycles. The Morgan fingerprint density at radius 3 is 2.54 bits per heavy atom. The fourth-order valence-corrected chi connectivity index (χ4v) is 3.43. The molecule has 2 aromatic carbocycles. The van der Waals surface area contributed by atoms with Crippen LogP contribution in [0.5, 0.6) is 0 Å². The highest BCUT2D eigenvalue weighted by molar-refractivity contribution is 7.89. The summed E-state index contributed by atoms with van der Waals surface area (Å²) < 4.78 is 52.5. The van der Waals surface area contributed by atoms with Gasteiger partial charge in [0.2, 0.25) is 15.9 Å². The average molecular weight is 403 g/mol. The number of carbonyl (C=O) groups excluding carboxylic acids is 1. The minimum Gasteiger partial charge on any atom is -0.326 e. The fourth-order valence-electron chi connectivity index (χ4n) is 2.12. The summed E-state index contributed by atoms with van der Waals surface area (Å²) in [4.78, 5) is 11.2. The maximum Gasteiger partial charge on any atom is 0.243 e. The number of halogens is 3. The minimum atomic E-state index is -4.12. The number of amides is 1. The molecule has 2 aromatic rings. The standard InChI is InChI=1S/C17H17ClF2N2O3S/c1-11-4-6-13(10-14(11)18)22-17(23)3-2-8-21-26(24,25)16-7-5-12(19)9-15(16)20/h4-7,9-10,21H,2-3,8H2,1H3,(H,22,23). The SMILES string of the molecule is Cc1ccc(NC(=O)CCCNS(=O)(=O)c2ccc(F)cc2F)cc1Cl. The molecular weight excluding hydrogens is 386 g/mol. The monoisotopic (exact) mass is 402 g/mol. The molecule has 1 amide bonds. The summed E-state index contributed by atoms with van der Waals surface area (Å²) in [5.41, 5.74) is 1.42. The summed E-state index contributed by atoms with van der Waals surface area (Å²) in [5, 5.41) is 3.18. The van der Waals surface area contributed by atoms with Gasteiger partial charge in [-0.05, 0) is 43.2 Å². The summed E-state index contributed by atoms with van der Waals surface area (Å²) in [6, 6.07) is 7.30. The molecule has 0 fully saturated rings. The van der Waals surface area contributed by atoms with Crippen molar-refractivity contribution in [3.05, 3.63) is 58.6 Å². The van der Waals surface area contributed by atoms with Gasteiger partial charge in [-0.1, -0.05) is 17.7 Å². The first-order valence-electron chi connectivity index (χ1n) is 7.70. The third-order valence-electron chi connectivity index (χ3n) is 3.51. The molecule has 0 unspecified atom stereocenters. The first-order chi connectivity index (χ1) is 12.2. The van der Waals surface area contributed by atoms with Crippen LogP contribution >= 0.6 is 11.6 Å². The lowest BCUT2D eigenvalue weighted by atomic mass is 10.2. The van der Waals surface area contributed by atoms with Crippen LogP contribution in [0.3, 0.4) is 0 Å². The fraction of sp³-hybridized carbons (Fsp3) is 0.235. The maximum absolute atomic E-state index is 13.6. The second-order valence-electron chi connectivity index (χ2n) is 5.59. The smallest absolute Gasteiger partial charge is 0.243 e. The zero-order valence-electron chi connectivity index (χ0n) is 13.9. The number of hydrogen-bond donors (Lipinski definition) is 2. The van der Waals surface area contributed by atoms with Gasteiger partial charge in [0.05, 0.1) is 0 Å². The first kappa shape index (κ1) is 20.3. The van der Waals surface area contributed by atoms with Gasteiger partial charge in [-0.3, -0.25) is 4.79 Å². The molecule has 140 valence electrons. The zero-order valence-corrected chi connectivity index (χ0v) is 15.4. The molecule has 0 bridgehead atoms. The van der Waals surface area contributed by atoms with Crippen molar-refractivity contribution in [2.24, 2.45) is 0 Å². The summed E-state index contributed by atoms with van der Waals surface area (Å²) in [6.07, 6.45) is 0.257. The molecular formula is C17H17ClF2N2O3S. The number of aryl methyl sites for hydroxylation is 1. The topological polar surface area (TPSA) is 75.3 Å². The average Bonchev–Trinajstić information content (AvgIpc) is 2.55. The molecule has 0 radical (unpaired) electrons. The van der Waals surface area contributed by atoms with Crippen molar-refractivity contribution in [3.63, 3.8) is 0 Å². The van der Waals surface area contributed by atoms with Crippen LogP contribution in [0.25, 0.3) is 0 Å². The van der Waals surface area contributed by atoms with Crippen molar-refractivity contribution in [2.45, 2.75) is 24.7 Å². The number of hydrogen-bond acceptors (Lipinski definition) is 3. The third-order valence-corrected chi connectivity index (χ3v) is 5.41. The Morgan fingerprint density at radius 2 is 1.88 bits per heavy atom. The van der Waals surface area contributed by atoms with E-state index in [-0.39, 0.29) is 25.3 Å². The van der Waals surface area contributed by atoms with E-state index in [1.54, 1.807) is 18.2 Å². The molecule has 2 rings (SSSR count). The van der Waals surface area contributed by atoms with Crippen LogP contribution in [-0.2, 0) is 14.8 Å². The Morgan fingerprint density at radius 1 is 1.15 bits per heavy atom. The van der Waals surface area contributed by atoms with Crippen LogP contribution in [0, 0.1) is 18.6 Å². The predicted octanol–water partition coefficient (Wildman–Crippen LogP) is 3.62. The largest absolute Gasteiger partial charge is 0.326 e. The molecule has 0 saturated carbocycles. The van der Waals surface area contributed by atoms with Gasteiger partial charge in [-0.25, -0.2) is 21.9 Å². The van der Waals surface area contributed by atoms with E-state index in [0.717, 1.165) is 17.7 Å². The normalized spacial score (nSPS) is 11.4. The molecule has 0 spiro atoms. The van der Waals surface area contributed by atoms with Gasteiger partial charge < -0.3 is 5.32 Å². The third kappa shape index (κ3) is 5.48. The number of nitrogens with one attached hydrogen (secondary N) is 2. The van der Waals surface area contributed by atoms with Gasteiger partial charge in [0.15, 0.2) is 0 Å². The maximum atomic E-state index is 13.6. The van der Waals surface area contributed by atoms with Crippen LogP contribution in [0.2, 0.25) is 5.02 Å². The van der Waals surface area contributed by atoms with Crippen LogP contribution in [0.4, 0.5) is 14.5 Å². The second kappa shape index (κ2) is 8.57. The Labute approximate surface area is 155 Å². The van der Waals surface area contributed by atoms with Crippen LogP contribution in [0.1, 0.15) is 18.4 Å². The van der Waals surface area contributed by atoms with Crippen LogP contribution in [0.15, 0.2) is 41.3 Å².